The van der Waals surface area contributed by atoms with Crippen LogP contribution in [0.5, 0.6) is 0 Å². The van der Waals surface area contributed by atoms with Crippen LogP contribution in [0.3, 0.4) is 0 Å². The summed E-state index contributed by atoms with van der Waals surface area (Å²) in [7, 11) is 0. The molecule has 0 spiro atoms. The number of rotatable bonds is 7. The lowest BCUT2D eigenvalue weighted by atomic mass is 9.98. The summed E-state index contributed by atoms with van der Waals surface area (Å²) in [5.74, 6) is 0.311. The van der Waals surface area contributed by atoms with Crippen LogP contribution in [0.2, 0.25) is 0 Å². The van der Waals surface area contributed by atoms with E-state index in [9.17, 15) is 4.79 Å². The maximum Gasteiger partial charge on any atom is 0.239 e. The fraction of sp³-hybridized carbons (Fsp3) is 0.562. The van der Waals surface area contributed by atoms with Crippen molar-refractivity contribution in [2.75, 3.05) is 13.1 Å². The lowest BCUT2D eigenvalue weighted by Crippen LogP contribution is -2.47. The highest BCUT2D eigenvalue weighted by molar-refractivity contribution is 5.81. The van der Waals surface area contributed by atoms with E-state index >= 15 is 0 Å². The Bertz CT molecular complexity index is 378. The van der Waals surface area contributed by atoms with Gasteiger partial charge in [0.05, 0.1) is 6.04 Å². The van der Waals surface area contributed by atoms with Crippen molar-refractivity contribution in [2.24, 2.45) is 11.7 Å². The molecule has 2 atom stereocenters. The quantitative estimate of drug-likeness (QED) is 0.820. The summed E-state index contributed by atoms with van der Waals surface area (Å²) < 4.78 is 0. The predicted octanol–water partition coefficient (Wildman–Crippen LogP) is 2.45. The molecule has 1 amide bonds. The van der Waals surface area contributed by atoms with E-state index in [0.717, 1.165) is 25.9 Å². The molecule has 3 heteroatoms. The summed E-state index contributed by atoms with van der Waals surface area (Å²) in [4.78, 5) is 14.2. The van der Waals surface area contributed by atoms with Crippen molar-refractivity contribution < 1.29 is 4.79 Å². The summed E-state index contributed by atoms with van der Waals surface area (Å²) in [5, 5.41) is 0. The molecular weight excluding hydrogens is 236 g/mol. The van der Waals surface area contributed by atoms with Gasteiger partial charge in [0.25, 0.3) is 0 Å². The van der Waals surface area contributed by atoms with Crippen LogP contribution in [0.25, 0.3) is 0 Å². The van der Waals surface area contributed by atoms with Crippen LogP contribution in [-0.2, 0) is 11.2 Å². The van der Waals surface area contributed by atoms with Crippen molar-refractivity contribution >= 4 is 5.91 Å². The minimum atomic E-state index is -0.374. The lowest BCUT2D eigenvalue weighted by molar-refractivity contribution is -0.133. The van der Waals surface area contributed by atoms with Crippen molar-refractivity contribution in [1.29, 1.82) is 0 Å². The second kappa shape index (κ2) is 7.95. The summed E-state index contributed by atoms with van der Waals surface area (Å²) in [6, 6.07) is 9.86. The largest absolute Gasteiger partial charge is 0.341 e. The monoisotopic (exact) mass is 262 g/mol. The fourth-order valence-corrected chi connectivity index (χ4v) is 2.04. The molecule has 0 aliphatic heterocycles. The highest BCUT2D eigenvalue weighted by Crippen LogP contribution is 2.09. The molecule has 1 rings (SSSR count). The Kier molecular flexibility index (Phi) is 6.57. The molecule has 0 heterocycles. The van der Waals surface area contributed by atoms with Gasteiger partial charge in [-0.05, 0) is 24.8 Å². The van der Waals surface area contributed by atoms with Crippen LogP contribution < -0.4 is 5.73 Å². The molecule has 0 aliphatic carbocycles. The van der Waals surface area contributed by atoms with Crippen LogP contribution in [0.4, 0.5) is 0 Å². The number of likely N-dealkylation sites (N-methyl/N-ethyl adjacent to an activating group) is 1. The number of carbonyl (C=O) groups is 1. The minimum absolute atomic E-state index is 0.0766. The molecule has 1 aromatic carbocycles. The van der Waals surface area contributed by atoms with Gasteiger partial charge in [-0.2, -0.15) is 0 Å². The van der Waals surface area contributed by atoms with E-state index in [1.165, 1.54) is 5.56 Å². The van der Waals surface area contributed by atoms with Gasteiger partial charge in [-0.25, -0.2) is 0 Å². The first-order valence-electron chi connectivity index (χ1n) is 7.18. The summed E-state index contributed by atoms with van der Waals surface area (Å²) in [6.45, 7) is 7.57. The normalized spacial score (nSPS) is 13.9. The standard InChI is InChI=1S/C16H26N2O/c1-4-13(3)15(17)16(19)18(5-2)12-11-14-9-7-6-8-10-14/h6-10,13,15H,4-5,11-12,17H2,1-3H3/t13?,15-/m0/s1. The number of benzene rings is 1. The molecule has 19 heavy (non-hydrogen) atoms. The maximum atomic E-state index is 12.3. The van der Waals surface area contributed by atoms with E-state index in [1.807, 2.05) is 36.9 Å². The van der Waals surface area contributed by atoms with E-state index < -0.39 is 0 Å². The third-order valence-corrected chi connectivity index (χ3v) is 3.75. The number of nitrogens with zero attached hydrogens (tertiary/aromatic N) is 1. The topological polar surface area (TPSA) is 46.3 Å². The van der Waals surface area contributed by atoms with Gasteiger partial charge in [0.1, 0.15) is 0 Å². The molecule has 0 aromatic heterocycles. The Morgan fingerprint density at radius 3 is 2.42 bits per heavy atom. The minimum Gasteiger partial charge on any atom is -0.341 e. The zero-order valence-corrected chi connectivity index (χ0v) is 12.3. The maximum absolute atomic E-state index is 12.3. The molecule has 106 valence electrons. The number of amides is 1. The van der Waals surface area contributed by atoms with Gasteiger partial charge in [-0.1, -0.05) is 50.6 Å². The van der Waals surface area contributed by atoms with Crippen LogP contribution >= 0.6 is 0 Å². The van der Waals surface area contributed by atoms with Crippen LogP contribution in [-0.4, -0.2) is 29.9 Å². The van der Waals surface area contributed by atoms with Gasteiger partial charge >= 0.3 is 0 Å². The van der Waals surface area contributed by atoms with Gasteiger partial charge in [0.2, 0.25) is 5.91 Å². The molecule has 0 saturated heterocycles. The second-order valence-electron chi connectivity index (χ2n) is 5.06. The van der Waals surface area contributed by atoms with Crippen molar-refractivity contribution in [3.63, 3.8) is 0 Å². The molecule has 1 unspecified atom stereocenters. The molecule has 0 fully saturated rings. The fourth-order valence-electron chi connectivity index (χ4n) is 2.04. The summed E-state index contributed by atoms with van der Waals surface area (Å²) in [5.41, 5.74) is 7.28. The molecule has 1 aromatic rings. The second-order valence-corrected chi connectivity index (χ2v) is 5.06. The third-order valence-electron chi connectivity index (χ3n) is 3.75. The van der Waals surface area contributed by atoms with E-state index in [2.05, 4.69) is 19.1 Å². The van der Waals surface area contributed by atoms with Crippen molar-refractivity contribution in [2.45, 2.75) is 39.7 Å². The average molecular weight is 262 g/mol. The van der Waals surface area contributed by atoms with Crippen molar-refractivity contribution in [3.05, 3.63) is 35.9 Å². The Balaban J connectivity index is 2.56. The smallest absolute Gasteiger partial charge is 0.239 e. The van der Waals surface area contributed by atoms with E-state index in [-0.39, 0.29) is 17.9 Å². The summed E-state index contributed by atoms with van der Waals surface area (Å²) in [6.07, 6.45) is 1.82. The van der Waals surface area contributed by atoms with Gasteiger partial charge < -0.3 is 10.6 Å². The van der Waals surface area contributed by atoms with Gasteiger partial charge in [-0.15, -0.1) is 0 Å². The highest BCUT2D eigenvalue weighted by Gasteiger charge is 2.23. The first-order chi connectivity index (χ1) is 9.10. The first kappa shape index (κ1) is 15.7. The van der Waals surface area contributed by atoms with Gasteiger partial charge in [0, 0.05) is 13.1 Å². The number of nitrogens with two attached hydrogens (primary N) is 1. The van der Waals surface area contributed by atoms with E-state index in [1.54, 1.807) is 0 Å². The molecular formula is C16H26N2O. The average Bonchev–Trinajstić information content (AvgIpc) is 2.47. The Labute approximate surface area is 116 Å². The van der Waals surface area contributed by atoms with Gasteiger partial charge in [-0.3, -0.25) is 4.79 Å². The van der Waals surface area contributed by atoms with Crippen molar-refractivity contribution in [3.8, 4) is 0 Å². The third kappa shape index (κ3) is 4.67. The number of hydrogen-bond donors (Lipinski definition) is 1. The zero-order chi connectivity index (χ0) is 14.3. The van der Waals surface area contributed by atoms with E-state index in [4.69, 9.17) is 5.73 Å². The van der Waals surface area contributed by atoms with Crippen LogP contribution in [0, 0.1) is 5.92 Å². The molecule has 0 bridgehead atoms. The Morgan fingerprint density at radius 1 is 1.26 bits per heavy atom. The van der Waals surface area contributed by atoms with Gasteiger partial charge in [0.15, 0.2) is 0 Å². The zero-order valence-electron chi connectivity index (χ0n) is 12.3. The molecule has 0 aliphatic rings. The Hall–Kier alpha value is -1.35. The molecule has 3 nitrogen and oxygen atoms in total. The van der Waals surface area contributed by atoms with Crippen molar-refractivity contribution in [1.82, 2.24) is 4.90 Å². The highest BCUT2D eigenvalue weighted by atomic mass is 16.2. The SMILES string of the molecule is CCC(C)[C@H](N)C(=O)N(CC)CCc1ccccc1. The first-order valence-corrected chi connectivity index (χ1v) is 7.18. The molecule has 2 N–H and O–H groups in total. The predicted molar refractivity (Wildman–Crippen MR) is 79.8 cm³/mol. The molecule has 0 radical (unpaired) electrons. The van der Waals surface area contributed by atoms with Crippen LogP contribution in [0.15, 0.2) is 30.3 Å². The Morgan fingerprint density at radius 2 is 1.89 bits per heavy atom. The van der Waals surface area contributed by atoms with Crippen LogP contribution in [0.1, 0.15) is 32.8 Å². The number of hydrogen-bond acceptors (Lipinski definition) is 2. The molecule has 0 saturated carbocycles. The lowest BCUT2D eigenvalue weighted by Gasteiger charge is -2.27. The summed E-state index contributed by atoms with van der Waals surface area (Å²) >= 11 is 0. The number of carbonyl (C=O) groups excluding carboxylic acids is 1. The van der Waals surface area contributed by atoms with E-state index in [0.29, 0.717) is 0 Å².